The molecule has 9 heteroatoms. The lowest BCUT2D eigenvalue weighted by Gasteiger charge is -2.04. The highest BCUT2D eigenvalue weighted by atomic mass is 79.9. The molecule has 1 aromatic carbocycles. The van der Waals surface area contributed by atoms with E-state index < -0.39 is 17.3 Å². The molecule has 0 saturated carbocycles. The Morgan fingerprint density at radius 2 is 2.09 bits per heavy atom. The summed E-state index contributed by atoms with van der Waals surface area (Å²) >= 11 is 3.29. The third-order valence-electron chi connectivity index (χ3n) is 3.67. The van der Waals surface area contributed by atoms with E-state index in [4.69, 9.17) is 4.74 Å². The number of carbonyl (C=O) groups is 1. The Kier molecular flexibility index (Phi) is 3.52. The first-order chi connectivity index (χ1) is 10.9. The zero-order valence-electron chi connectivity index (χ0n) is 12.2. The summed E-state index contributed by atoms with van der Waals surface area (Å²) in [7, 11) is 1.47. The van der Waals surface area contributed by atoms with E-state index in [-0.39, 0.29) is 23.1 Å². The molecule has 0 atom stereocenters. The molecule has 0 amide bonds. The minimum absolute atomic E-state index is 0.0888. The molecule has 3 aromatic rings. The summed E-state index contributed by atoms with van der Waals surface area (Å²) in [4.78, 5) is 38.8. The van der Waals surface area contributed by atoms with Gasteiger partial charge in [-0.2, -0.15) is 0 Å². The van der Waals surface area contributed by atoms with E-state index in [0.717, 1.165) is 9.13 Å². The number of fused-ring (bicyclic) bond motifs is 3. The lowest BCUT2D eigenvalue weighted by molar-refractivity contribution is 0.198. The molecular formula is C14H12BrN3O5. The molecule has 0 radical (unpaired) electrons. The number of nitrogens with one attached hydrogen (secondary N) is 1. The van der Waals surface area contributed by atoms with Crippen LogP contribution in [-0.4, -0.2) is 32.4 Å². The van der Waals surface area contributed by atoms with Crippen molar-refractivity contribution in [2.45, 2.75) is 13.5 Å². The summed E-state index contributed by atoms with van der Waals surface area (Å²) in [6.07, 6.45) is -1.31. The van der Waals surface area contributed by atoms with Crippen molar-refractivity contribution in [1.29, 1.82) is 0 Å². The number of rotatable bonds is 2. The van der Waals surface area contributed by atoms with Crippen LogP contribution in [0.3, 0.4) is 0 Å². The highest BCUT2D eigenvalue weighted by molar-refractivity contribution is 9.10. The molecule has 2 aromatic heterocycles. The number of hydrogen-bond donors (Lipinski definition) is 2. The van der Waals surface area contributed by atoms with Gasteiger partial charge in [0.15, 0.2) is 0 Å². The summed E-state index contributed by atoms with van der Waals surface area (Å²) < 4.78 is 7.56. The van der Waals surface area contributed by atoms with E-state index in [0.29, 0.717) is 15.6 Å². The molecule has 0 unspecified atom stereocenters. The predicted octanol–water partition coefficient (Wildman–Crippen LogP) is 1.96. The third kappa shape index (κ3) is 2.07. The van der Waals surface area contributed by atoms with Crippen LogP contribution in [0.5, 0.6) is 5.75 Å². The molecule has 0 aliphatic rings. The molecule has 3 rings (SSSR count). The monoisotopic (exact) mass is 381 g/mol. The minimum atomic E-state index is -1.31. The largest absolute Gasteiger partial charge is 0.496 e. The Balaban J connectivity index is 2.68. The van der Waals surface area contributed by atoms with Crippen LogP contribution >= 0.6 is 15.9 Å². The Morgan fingerprint density at radius 3 is 2.65 bits per heavy atom. The average molecular weight is 382 g/mol. The fraction of sp³-hybridized carbons (Fsp3) is 0.214. The molecule has 0 bridgehead atoms. The van der Waals surface area contributed by atoms with E-state index >= 15 is 0 Å². The molecule has 0 saturated heterocycles. The van der Waals surface area contributed by atoms with Crippen LogP contribution in [0.4, 0.5) is 4.79 Å². The number of nitrogens with zero attached hydrogens (tertiary/aromatic N) is 2. The van der Waals surface area contributed by atoms with Gasteiger partial charge in [0.2, 0.25) is 0 Å². The predicted molar refractivity (Wildman–Crippen MR) is 87.7 cm³/mol. The van der Waals surface area contributed by atoms with Crippen LogP contribution < -0.4 is 16.0 Å². The SMILES string of the molecule is CCn1c(=O)[nH]c2c3cc(OC)c(Br)cc3n(C(=O)O)c2c1=O. The van der Waals surface area contributed by atoms with Crippen molar-refractivity contribution in [3.63, 3.8) is 0 Å². The van der Waals surface area contributed by atoms with Gasteiger partial charge in [0.1, 0.15) is 11.3 Å². The molecule has 0 fully saturated rings. The van der Waals surface area contributed by atoms with Crippen LogP contribution in [0.15, 0.2) is 26.2 Å². The Bertz CT molecular complexity index is 1080. The van der Waals surface area contributed by atoms with E-state index in [9.17, 15) is 19.5 Å². The highest BCUT2D eigenvalue weighted by Gasteiger charge is 2.22. The lowest BCUT2D eigenvalue weighted by Crippen LogP contribution is -2.35. The number of halogens is 1. The summed E-state index contributed by atoms with van der Waals surface area (Å²) in [5.41, 5.74) is -0.875. The molecule has 8 nitrogen and oxygen atoms in total. The van der Waals surface area contributed by atoms with Crippen molar-refractivity contribution in [3.8, 4) is 5.75 Å². The molecule has 0 aliphatic heterocycles. The number of aromatic nitrogens is 3. The molecule has 0 aliphatic carbocycles. The third-order valence-corrected chi connectivity index (χ3v) is 4.29. The summed E-state index contributed by atoms with van der Waals surface area (Å²) in [6.45, 7) is 1.77. The van der Waals surface area contributed by atoms with Crippen molar-refractivity contribution in [2.24, 2.45) is 0 Å². The zero-order chi connectivity index (χ0) is 16.9. The molecule has 23 heavy (non-hydrogen) atoms. The van der Waals surface area contributed by atoms with Gasteiger partial charge in [0, 0.05) is 11.9 Å². The van der Waals surface area contributed by atoms with Crippen molar-refractivity contribution in [3.05, 3.63) is 37.4 Å². The topological polar surface area (TPSA) is 106 Å². The van der Waals surface area contributed by atoms with Gasteiger partial charge in [-0.3, -0.25) is 9.36 Å². The molecule has 0 spiro atoms. The minimum Gasteiger partial charge on any atom is -0.496 e. The van der Waals surface area contributed by atoms with Crippen molar-refractivity contribution < 1.29 is 14.6 Å². The summed E-state index contributed by atoms with van der Waals surface area (Å²) in [5, 5.41) is 9.94. The van der Waals surface area contributed by atoms with Crippen LogP contribution in [0.25, 0.3) is 21.9 Å². The van der Waals surface area contributed by atoms with Crippen LogP contribution in [0.2, 0.25) is 0 Å². The first-order valence-electron chi connectivity index (χ1n) is 6.68. The molecular weight excluding hydrogens is 370 g/mol. The first-order valence-corrected chi connectivity index (χ1v) is 7.48. The fourth-order valence-electron chi connectivity index (χ4n) is 2.65. The van der Waals surface area contributed by atoms with E-state index in [1.807, 2.05) is 0 Å². The zero-order valence-corrected chi connectivity index (χ0v) is 13.8. The Labute approximate surface area is 137 Å². The lowest BCUT2D eigenvalue weighted by atomic mass is 10.2. The van der Waals surface area contributed by atoms with Crippen LogP contribution in [0, 0.1) is 0 Å². The number of hydrogen-bond acceptors (Lipinski definition) is 4. The number of H-pyrrole nitrogens is 1. The summed E-state index contributed by atoms with van der Waals surface area (Å²) in [5.74, 6) is 0.461. The maximum atomic E-state index is 12.5. The van der Waals surface area contributed by atoms with Gasteiger partial charge in [-0.15, -0.1) is 0 Å². The quantitative estimate of drug-likeness (QED) is 0.705. The van der Waals surface area contributed by atoms with Crippen molar-refractivity contribution >= 4 is 44.0 Å². The molecule has 2 N–H and O–H groups in total. The second-order valence-electron chi connectivity index (χ2n) is 4.83. The number of methoxy groups -OCH3 is 1. The second kappa shape index (κ2) is 5.27. The highest BCUT2D eigenvalue weighted by Crippen LogP contribution is 2.34. The van der Waals surface area contributed by atoms with Gasteiger partial charge in [-0.1, -0.05) is 0 Å². The van der Waals surface area contributed by atoms with E-state index in [2.05, 4.69) is 20.9 Å². The van der Waals surface area contributed by atoms with Crippen molar-refractivity contribution in [2.75, 3.05) is 7.11 Å². The van der Waals surface area contributed by atoms with Crippen LogP contribution in [0.1, 0.15) is 6.92 Å². The summed E-state index contributed by atoms with van der Waals surface area (Å²) in [6, 6.07) is 3.11. The number of ether oxygens (including phenoxy) is 1. The smallest absolute Gasteiger partial charge is 0.416 e. The van der Waals surface area contributed by atoms with Gasteiger partial charge < -0.3 is 14.8 Å². The molecule has 2 heterocycles. The van der Waals surface area contributed by atoms with Gasteiger partial charge in [0.05, 0.1) is 22.6 Å². The standard InChI is InChI=1S/C14H12BrN3O5/c1-3-17-12(19)11-10(16-13(17)20)6-4-9(23-2)7(15)5-8(6)18(11)14(21)22/h4-5H,3H2,1-2H3,(H,16,20)(H,21,22). The maximum absolute atomic E-state index is 12.5. The van der Waals surface area contributed by atoms with E-state index in [1.165, 1.54) is 13.2 Å². The molecule has 120 valence electrons. The Morgan fingerprint density at radius 1 is 1.39 bits per heavy atom. The fourth-order valence-corrected chi connectivity index (χ4v) is 3.15. The second-order valence-corrected chi connectivity index (χ2v) is 5.68. The van der Waals surface area contributed by atoms with Gasteiger partial charge in [-0.05, 0) is 35.0 Å². The van der Waals surface area contributed by atoms with Crippen LogP contribution in [-0.2, 0) is 6.54 Å². The number of carboxylic acid groups (broad SMARTS) is 1. The Hall–Kier alpha value is -2.55. The number of aromatic amines is 1. The van der Waals surface area contributed by atoms with Gasteiger partial charge in [-0.25, -0.2) is 14.2 Å². The number of benzene rings is 1. The maximum Gasteiger partial charge on any atom is 0.416 e. The van der Waals surface area contributed by atoms with Gasteiger partial charge >= 0.3 is 11.8 Å². The van der Waals surface area contributed by atoms with E-state index in [1.54, 1.807) is 13.0 Å². The first kappa shape index (κ1) is 15.3. The average Bonchev–Trinajstić information content (AvgIpc) is 2.80. The normalized spacial score (nSPS) is 11.3. The van der Waals surface area contributed by atoms with Crippen molar-refractivity contribution in [1.82, 2.24) is 14.1 Å². The van der Waals surface area contributed by atoms with Gasteiger partial charge in [0.25, 0.3) is 5.56 Å².